The molecule has 10 rings (SSSR count). The van der Waals surface area contributed by atoms with Crippen LogP contribution in [-0.4, -0.2) is 29.9 Å². The minimum atomic E-state index is -0.459. The Balaban J connectivity index is 1.22. The molecule has 0 spiro atoms. The number of nitrogens with zero attached hydrogens (tertiary/aromatic N) is 8. The van der Waals surface area contributed by atoms with Gasteiger partial charge in [-0.05, 0) is 117 Å². The van der Waals surface area contributed by atoms with Crippen LogP contribution in [0, 0.1) is 17.9 Å². The van der Waals surface area contributed by atoms with E-state index in [4.69, 9.17) is 26.5 Å². The summed E-state index contributed by atoms with van der Waals surface area (Å²) in [6.07, 6.45) is 7.17. The second kappa shape index (κ2) is 15.0. The predicted octanol–water partition coefficient (Wildman–Crippen LogP) is 12.5. The summed E-state index contributed by atoms with van der Waals surface area (Å²) < 4.78 is 0. The lowest BCUT2D eigenvalue weighted by atomic mass is 9.81. The third-order valence-corrected chi connectivity index (χ3v) is 11.3. The minimum Gasteiger partial charge on any atom is -0.264 e. The van der Waals surface area contributed by atoms with Crippen molar-refractivity contribution in [1.82, 2.24) is 29.9 Å². The van der Waals surface area contributed by atoms with Gasteiger partial charge in [0.1, 0.15) is 0 Å². The molecule has 0 bridgehead atoms. The molecule has 4 aromatic heterocycles. The standard InChI is InChI=1S/C53H34N8/c1-53(2)44-27-36(18-19-43(44)49-45(53)22-33(30-54)23-48(49)55-3)39-24-40(41-28-46(37-16-10-20-56-31-37)58-47(29-41)38-17-11-21-57-32-38)26-42(25-39)52-60-50(34-12-6-4-7-13-34)59-51(61-52)35-14-8-5-9-15-35/h4-29,31-32H,1-2H3. The van der Waals surface area contributed by atoms with Gasteiger partial charge >= 0.3 is 0 Å². The largest absolute Gasteiger partial charge is 0.264 e. The summed E-state index contributed by atoms with van der Waals surface area (Å²) in [7, 11) is 0. The number of hydrogen-bond acceptors (Lipinski definition) is 7. The maximum absolute atomic E-state index is 9.86. The number of hydrogen-bond donors (Lipinski definition) is 0. The molecule has 1 aliphatic carbocycles. The Kier molecular flexibility index (Phi) is 9.09. The summed E-state index contributed by atoms with van der Waals surface area (Å²) in [4.78, 5) is 33.0. The maximum atomic E-state index is 9.86. The zero-order valence-electron chi connectivity index (χ0n) is 33.2. The highest BCUT2D eigenvalue weighted by molar-refractivity contribution is 5.93. The fourth-order valence-electron chi connectivity index (χ4n) is 8.21. The van der Waals surface area contributed by atoms with E-state index < -0.39 is 5.41 Å². The highest BCUT2D eigenvalue weighted by Crippen LogP contribution is 2.53. The average Bonchev–Trinajstić information content (AvgIpc) is 3.56. The third kappa shape index (κ3) is 6.78. The van der Waals surface area contributed by atoms with Gasteiger partial charge < -0.3 is 0 Å². The molecule has 0 fully saturated rings. The topological polar surface area (TPSA) is 105 Å². The van der Waals surface area contributed by atoms with Crippen molar-refractivity contribution in [2.24, 2.45) is 0 Å². The van der Waals surface area contributed by atoms with Crippen LogP contribution >= 0.6 is 0 Å². The summed E-state index contributed by atoms with van der Waals surface area (Å²) in [5, 5.41) is 9.86. The highest BCUT2D eigenvalue weighted by Gasteiger charge is 2.37. The Hall–Kier alpha value is -8.46. The Bertz CT molecular complexity index is 2960. The molecule has 4 heterocycles. The van der Waals surface area contributed by atoms with Gasteiger partial charge in [-0.3, -0.25) is 9.97 Å². The molecule has 8 heteroatoms. The van der Waals surface area contributed by atoms with E-state index in [9.17, 15) is 5.26 Å². The second-order valence-corrected chi connectivity index (χ2v) is 15.5. The fraction of sp³-hybridized carbons (Fsp3) is 0.0566. The van der Waals surface area contributed by atoms with Gasteiger partial charge in [0.25, 0.3) is 0 Å². The Morgan fingerprint density at radius 3 is 1.56 bits per heavy atom. The van der Waals surface area contributed by atoms with Crippen molar-refractivity contribution in [3.05, 3.63) is 198 Å². The molecule has 8 nitrogen and oxygen atoms in total. The molecule has 1 aliphatic rings. The van der Waals surface area contributed by atoms with Crippen molar-refractivity contribution in [3.8, 4) is 96.1 Å². The number of aromatic nitrogens is 6. The van der Waals surface area contributed by atoms with E-state index in [1.807, 2.05) is 103 Å². The summed E-state index contributed by atoms with van der Waals surface area (Å²) in [6, 6.07) is 50.8. The molecule has 0 atom stereocenters. The van der Waals surface area contributed by atoms with Crippen molar-refractivity contribution in [3.63, 3.8) is 0 Å². The van der Waals surface area contributed by atoms with Gasteiger partial charge in [0, 0.05) is 63.6 Å². The van der Waals surface area contributed by atoms with Gasteiger partial charge in [0.15, 0.2) is 23.2 Å². The zero-order valence-corrected chi connectivity index (χ0v) is 33.2. The molecular weight excluding hydrogens is 749 g/mol. The summed E-state index contributed by atoms with van der Waals surface area (Å²) in [5.41, 5.74) is 14.2. The van der Waals surface area contributed by atoms with Crippen LogP contribution in [-0.2, 0) is 5.41 Å². The summed E-state index contributed by atoms with van der Waals surface area (Å²) >= 11 is 0. The van der Waals surface area contributed by atoms with E-state index in [1.54, 1.807) is 18.5 Å². The first kappa shape index (κ1) is 36.9. The monoisotopic (exact) mass is 782 g/mol. The van der Waals surface area contributed by atoms with Gasteiger partial charge in [-0.2, -0.15) is 5.26 Å². The second-order valence-electron chi connectivity index (χ2n) is 15.5. The van der Waals surface area contributed by atoms with E-state index in [1.165, 1.54) is 0 Å². The number of fused-ring (bicyclic) bond motifs is 3. The molecule has 0 amide bonds. The molecule has 9 aromatic rings. The molecular formula is C53H34N8. The first-order valence-corrected chi connectivity index (χ1v) is 19.8. The van der Waals surface area contributed by atoms with Crippen LogP contribution in [0.3, 0.4) is 0 Å². The molecule has 286 valence electrons. The van der Waals surface area contributed by atoms with Crippen LogP contribution < -0.4 is 0 Å². The Labute approximate surface area is 353 Å². The average molecular weight is 783 g/mol. The summed E-state index contributed by atoms with van der Waals surface area (Å²) in [6.45, 7) is 12.3. The number of nitriles is 1. The molecule has 0 aliphatic heterocycles. The van der Waals surface area contributed by atoms with E-state index in [2.05, 4.69) is 83.3 Å². The van der Waals surface area contributed by atoms with Gasteiger partial charge in [-0.15, -0.1) is 0 Å². The fourth-order valence-corrected chi connectivity index (χ4v) is 8.21. The maximum Gasteiger partial charge on any atom is 0.196 e. The lowest BCUT2D eigenvalue weighted by Crippen LogP contribution is -2.15. The van der Waals surface area contributed by atoms with Crippen molar-refractivity contribution in [2.45, 2.75) is 19.3 Å². The lowest BCUT2D eigenvalue weighted by Gasteiger charge is -2.22. The highest BCUT2D eigenvalue weighted by atomic mass is 15.0. The molecule has 0 saturated heterocycles. The Morgan fingerprint density at radius 2 is 1.02 bits per heavy atom. The van der Waals surface area contributed by atoms with Crippen LogP contribution in [0.5, 0.6) is 0 Å². The van der Waals surface area contributed by atoms with E-state index in [-0.39, 0.29) is 0 Å². The van der Waals surface area contributed by atoms with Crippen LogP contribution in [0.1, 0.15) is 30.5 Å². The molecule has 61 heavy (non-hydrogen) atoms. The molecule has 0 radical (unpaired) electrons. The number of rotatable bonds is 7. The zero-order chi connectivity index (χ0) is 41.5. The van der Waals surface area contributed by atoms with Gasteiger partial charge in [-0.25, -0.2) is 24.8 Å². The van der Waals surface area contributed by atoms with Crippen LogP contribution in [0.15, 0.2) is 170 Å². The number of benzene rings is 5. The van der Waals surface area contributed by atoms with Crippen molar-refractivity contribution >= 4 is 5.69 Å². The lowest BCUT2D eigenvalue weighted by molar-refractivity contribution is 0.660. The van der Waals surface area contributed by atoms with E-state index in [0.29, 0.717) is 28.7 Å². The van der Waals surface area contributed by atoms with Gasteiger partial charge in [0.2, 0.25) is 0 Å². The van der Waals surface area contributed by atoms with Gasteiger partial charge in [-0.1, -0.05) is 86.6 Å². The first-order valence-electron chi connectivity index (χ1n) is 19.8. The van der Waals surface area contributed by atoms with Crippen LogP contribution in [0.25, 0.3) is 94.9 Å². The van der Waals surface area contributed by atoms with Crippen molar-refractivity contribution in [2.75, 3.05) is 0 Å². The minimum absolute atomic E-state index is 0.459. The van der Waals surface area contributed by atoms with Gasteiger partial charge in [0.05, 0.1) is 24.0 Å². The predicted molar refractivity (Wildman–Crippen MR) is 240 cm³/mol. The Morgan fingerprint density at radius 1 is 0.492 bits per heavy atom. The molecule has 0 unspecified atom stereocenters. The van der Waals surface area contributed by atoms with E-state index in [0.717, 1.165) is 83.7 Å². The third-order valence-electron chi connectivity index (χ3n) is 11.3. The summed E-state index contributed by atoms with van der Waals surface area (Å²) in [5.74, 6) is 1.68. The van der Waals surface area contributed by atoms with Crippen LogP contribution in [0.2, 0.25) is 0 Å². The first-order chi connectivity index (χ1) is 29.9. The van der Waals surface area contributed by atoms with Crippen LogP contribution in [0.4, 0.5) is 5.69 Å². The molecule has 0 N–H and O–H groups in total. The normalized spacial score (nSPS) is 12.2. The van der Waals surface area contributed by atoms with Crippen molar-refractivity contribution in [1.29, 1.82) is 5.26 Å². The number of pyridine rings is 3. The van der Waals surface area contributed by atoms with E-state index >= 15 is 0 Å². The molecule has 5 aromatic carbocycles. The smallest absolute Gasteiger partial charge is 0.196 e. The SMILES string of the molecule is [C-]#[N+]c1cc(C#N)cc2c1-c1ccc(-c3cc(-c4cc(-c5cccnc5)nc(-c5cccnc5)c4)cc(-c4nc(-c5ccccc5)nc(-c5ccccc5)n4)c3)cc1C2(C)C. The van der Waals surface area contributed by atoms with Crippen molar-refractivity contribution < 1.29 is 0 Å². The quantitative estimate of drug-likeness (QED) is 0.148. The molecule has 0 saturated carbocycles.